The first-order valence-corrected chi connectivity index (χ1v) is 9.38. The fraction of sp³-hybridized carbons (Fsp3) is 0.550. The SMILES string of the molecule is Cc1nn(-c2ccccc2)cc1CN1CCC2(CC1)C[C@@H](O)[C@@H](O)CO2. The zero-order valence-electron chi connectivity index (χ0n) is 15.2. The number of piperidine rings is 1. The van der Waals surface area contributed by atoms with Crippen molar-refractivity contribution >= 4 is 0 Å². The zero-order valence-corrected chi connectivity index (χ0v) is 15.2. The highest BCUT2D eigenvalue weighted by Gasteiger charge is 2.42. The van der Waals surface area contributed by atoms with Gasteiger partial charge in [0.15, 0.2) is 0 Å². The lowest BCUT2D eigenvalue weighted by molar-refractivity contribution is -0.188. The predicted molar refractivity (Wildman–Crippen MR) is 98.1 cm³/mol. The standard InChI is InChI=1S/C20H27N3O3/c1-15-16(13-23(21-15)17-5-3-2-4-6-17)12-22-9-7-20(8-10-22)11-18(24)19(25)14-26-20/h2-6,13,18-19,24-25H,7-12,14H2,1H3/t18-,19+/m1/s1. The summed E-state index contributed by atoms with van der Waals surface area (Å²) in [4.78, 5) is 2.42. The number of rotatable bonds is 3. The highest BCUT2D eigenvalue weighted by atomic mass is 16.5. The Morgan fingerprint density at radius 3 is 2.58 bits per heavy atom. The lowest BCUT2D eigenvalue weighted by Crippen LogP contribution is -2.54. The van der Waals surface area contributed by atoms with Gasteiger partial charge in [0.2, 0.25) is 0 Å². The largest absolute Gasteiger partial charge is 0.390 e. The number of para-hydroxylation sites is 1. The molecule has 2 aliphatic rings. The number of aromatic nitrogens is 2. The first-order chi connectivity index (χ1) is 12.5. The summed E-state index contributed by atoms with van der Waals surface area (Å²) in [5.41, 5.74) is 3.10. The Hall–Kier alpha value is -1.73. The van der Waals surface area contributed by atoms with E-state index in [1.807, 2.05) is 22.9 Å². The topological polar surface area (TPSA) is 70.8 Å². The third-order valence-corrected chi connectivity index (χ3v) is 5.77. The monoisotopic (exact) mass is 357 g/mol. The molecule has 0 saturated carbocycles. The molecule has 4 rings (SSSR count). The Morgan fingerprint density at radius 2 is 1.88 bits per heavy atom. The molecule has 2 atom stereocenters. The Kier molecular flexibility index (Phi) is 4.84. The maximum atomic E-state index is 9.99. The van der Waals surface area contributed by atoms with Crippen LogP contribution in [0.3, 0.4) is 0 Å². The van der Waals surface area contributed by atoms with Crippen LogP contribution in [0.1, 0.15) is 30.5 Å². The van der Waals surface area contributed by atoms with Crippen LogP contribution in [-0.4, -0.2) is 62.4 Å². The molecule has 0 bridgehead atoms. The summed E-state index contributed by atoms with van der Waals surface area (Å²) in [6, 6.07) is 10.2. The Labute approximate surface area is 154 Å². The second kappa shape index (κ2) is 7.12. The Morgan fingerprint density at radius 1 is 1.15 bits per heavy atom. The normalized spacial score (nSPS) is 26.3. The van der Waals surface area contributed by atoms with Gasteiger partial charge >= 0.3 is 0 Å². The third-order valence-electron chi connectivity index (χ3n) is 5.77. The summed E-state index contributed by atoms with van der Waals surface area (Å²) < 4.78 is 7.86. The molecule has 26 heavy (non-hydrogen) atoms. The van der Waals surface area contributed by atoms with Crippen molar-refractivity contribution in [1.29, 1.82) is 0 Å². The molecular weight excluding hydrogens is 330 g/mol. The molecule has 2 aromatic rings. The van der Waals surface area contributed by atoms with E-state index < -0.39 is 12.2 Å². The number of aliphatic hydroxyl groups excluding tert-OH is 2. The smallest absolute Gasteiger partial charge is 0.103 e. The van der Waals surface area contributed by atoms with Crippen molar-refractivity contribution in [2.24, 2.45) is 0 Å². The van der Waals surface area contributed by atoms with Crippen molar-refractivity contribution in [3.63, 3.8) is 0 Å². The van der Waals surface area contributed by atoms with Crippen LogP contribution < -0.4 is 0 Å². The van der Waals surface area contributed by atoms with Gasteiger partial charge in [-0.3, -0.25) is 4.90 Å². The van der Waals surface area contributed by atoms with E-state index in [1.165, 1.54) is 5.56 Å². The van der Waals surface area contributed by atoms with Gasteiger partial charge in [0.05, 0.1) is 29.7 Å². The molecule has 2 saturated heterocycles. The van der Waals surface area contributed by atoms with Crippen molar-refractivity contribution < 1.29 is 14.9 Å². The van der Waals surface area contributed by atoms with E-state index >= 15 is 0 Å². The second-order valence-corrected chi connectivity index (χ2v) is 7.63. The molecule has 1 aromatic carbocycles. The van der Waals surface area contributed by atoms with Crippen LogP contribution >= 0.6 is 0 Å². The van der Waals surface area contributed by atoms with Gasteiger partial charge in [0.1, 0.15) is 6.10 Å². The minimum Gasteiger partial charge on any atom is -0.390 e. The van der Waals surface area contributed by atoms with Gasteiger partial charge in [-0.25, -0.2) is 4.68 Å². The van der Waals surface area contributed by atoms with Crippen molar-refractivity contribution in [2.45, 2.75) is 50.5 Å². The molecular formula is C20H27N3O3. The van der Waals surface area contributed by atoms with Gasteiger partial charge in [0, 0.05) is 37.8 Å². The van der Waals surface area contributed by atoms with E-state index in [9.17, 15) is 10.2 Å². The summed E-state index contributed by atoms with van der Waals surface area (Å²) in [7, 11) is 0. The third kappa shape index (κ3) is 3.55. The summed E-state index contributed by atoms with van der Waals surface area (Å²) in [5.74, 6) is 0. The highest BCUT2D eigenvalue weighted by molar-refractivity contribution is 5.32. The molecule has 6 nitrogen and oxygen atoms in total. The van der Waals surface area contributed by atoms with Crippen LogP contribution in [0.4, 0.5) is 0 Å². The van der Waals surface area contributed by atoms with Crippen LogP contribution in [0.5, 0.6) is 0 Å². The van der Waals surface area contributed by atoms with Gasteiger partial charge in [0.25, 0.3) is 0 Å². The first-order valence-electron chi connectivity index (χ1n) is 9.38. The molecule has 2 N–H and O–H groups in total. The average Bonchev–Trinajstić information content (AvgIpc) is 3.02. The van der Waals surface area contributed by atoms with Crippen LogP contribution in [0.2, 0.25) is 0 Å². The van der Waals surface area contributed by atoms with Crippen molar-refractivity contribution in [1.82, 2.24) is 14.7 Å². The Bertz CT molecular complexity index is 738. The summed E-state index contributed by atoms with van der Waals surface area (Å²) in [5, 5.41) is 24.3. The van der Waals surface area contributed by atoms with Gasteiger partial charge in [-0.15, -0.1) is 0 Å². The fourth-order valence-electron chi connectivity index (χ4n) is 4.02. The predicted octanol–water partition coefficient (Wildman–Crippen LogP) is 1.66. The lowest BCUT2D eigenvalue weighted by Gasteiger charge is -2.46. The van der Waals surface area contributed by atoms with Crippen LogP contribution in [0.25, 0.3) is 5.69 Å². The van der Waals surface area contributed by atoms with Crippen LogP contribution in [0.15, 0.2) is 36.5 Å². The van der Waals surface area contributed by atoms with Crippen LogP contribution in [-0.2, 0) is 11.3 Å². The number of nitrogens with zero attached hydrogens (tertiary/aromatic N) is 3. The lowest BCUT2D eigenvalue weighted by atomic mass is 9.82. The molecule has 140 valence electrons. The average molecular weight is 357 g/mol. The number of likely N-dealkylation sites (tertiary alicyclic amines) is 1. The van der Waals surface area contributed by atoms with Crippen molar-refractivity contribution in [2.75, 3.05) is 19.7 Å². The summed E-state index contributed by atoms with van der Waals surface area (Å²) >= 11 is 0. The maximum Gasteiger partial charge on any atom is 0.103 e. The molecule has 0 aliphatic carbocycles. The number of ether oxygens (including phenoxy) is 1. The number of aliphatic hydroxyl groups is 2. The van der Waals surface area contributed by atoms with E-state index in [1.54, 1.807) is 0 Å². The van der Waals surface area contributed by atoms with E-state index in [0.29, 0.717) is 6.42 Å². The molecule has 2 fully saturated rings. The quantitative estimate of drug-likeness (QED) is 0.874. The van der Waals surface area contributed by atoms with Gasteiger partial charge in [-0.1, -0.05) is 18.2 Å². The maximum absolute atomic E-state index is 9.99. The van der Waals surface area contributed by atoms with Crippen molar-refractivity contribution in [3.05, 3.63) is 47.8 Å². The molecule has 2 aliphatic heterocycles. The van der Waals surface area contributed by atoms with E-state index in [-0.39, 0.29) is 12.2 Å². The number of hydrogen-bond acceptors (Lipinski definition) is 5. The van der Waals surface area contributed by atoms with E-state index in [2.05, 4.69) is 35.3 Å². The van der Waals surface area contributed by atoms with Gasteiger partial charge in [-0.05, 0) is 31.9 Å². The molecule has 6 heteroatoms. The number of aryl methyl sites for hydroxylation is 1. The first kappa shape index (κ1) is 17.7. The van der Waals surface area contributed by atoms with E-state index in [4.69, 9.17) is 4.74 Å². The second-order valence-electron chi connectivity index (χ2n) is 7.63. The highest BCUT2D eigenvalue weighted by Crippen LogP contribution is 2.35. The number of benzene rings is 1. The van der Waals surface area contributed by atoms with E-state index in [0.717, 1.165) is 43.9 Å². The molecule has 0 amide bonds. The molecule has 0 unspecified atom stereocenters. The van der Waals surface area contributed by atoms with Crippen LogP contribution in [0, 0.1) is 6.92 Å². The minimum atomic E-state index is -0.745. The number of hydrogen-bond donors (Lipinski definition) is 2. The zero-order chi connectivity index (χ0) is 18.1. The Balaban J connectivity index is 1.38. The molecule has 1 spiro atoms. The van der Waals surface area contributed by atoms with Crippen molar-refractivity contribution in [3.8, 4) is 5.69 Å². The fourth-order valence-corrected chi connectivity index (χ4v) is 4.02. The molecule has 3 heterocycles. The minimum absolute atomic E-state index is 0.240. The molecule has 1 aromatic heterocycles. The summed E-state index contributed by atoms with van der Waals surface area (Å²) in [6.45, 7) is 5.03. The van der Waals surface area contributed by atoms with Gasteiger partial charge < -0.3 is 14.9 Å². The summed E-state index contributed by atoms with van der Waals surface area (Å²) in [6.07, 6.45) is 3.02. The molecule has 0 radical (unpaired) electrons. The van der Waals surface area contributed by atoms with Gasteiger partial charge in [-0.2, -0.15) is 5.10 Å².